The van der Waals surface area contributed by atoms with Crippen LogP contribution < -0.4 is 15.3 Å². The molecule has 1 aliphatic heterocycles. The number of nitrogens with zero attached hydrogens (tertiary/aromatic N) is 2. The first-order valence-electron chi connectivity index (χ1n) is 8.17. The highest BCUT2D eigenvalue weighted by Gasteiger charge is 2.29. The van der Waals surface area contributed by atoms with Crippen LogP contribution in [0.3, 0.4) is 0 Å². The molecule has 0 amide bonds. The molecular weight excluding hydrogens is 310 g/mol. The van der Waals surface area contributed by atoms with E-state index in [-0.39, 0.29) is 12.0 Å². The van der Waals surface area contributed by atoms with E-state index >= 15 is 0 Å². The van der Waals surface area contributed by atoms with Gasteiger partial charge in [-0.05, 0) is 25.0 Å². The van der Waals surface area contributed by atoms with Gasteiger partial charge in [-0.2, -0.15) is 0 Å². The average Bonchev–Trinajstić information content (AvgIpc) is 2.90. The van der Waals surface area contributed by atoms with Gasteiger partial charge < -0.3 is 24.1 Å². The lowest BCUT2D eigenvalue weighted by molar-refractivity contribution is -0.141. The zero-order valence-electron chi connectivity index (χ0n) is 14.7. The van der Waals surface area contributed by atoms with Crippen molar-refractivity contribution in [2.24, 2.45) is 13.0 Å². The summed E-state index contributed by atoms with van der Waals surface area (Å²) in [5.41, 5.74) is 2.56. The maximum atomic E-state index is 12.0. The fourth-order valence-corrected chi connectivity index (χ4v) is 3.65. The van der Waals surface area contributed by atoms with Crippen molar-refractivity contribution in [1.29, 1.82) is 0 Å². The molecule has 0 atom stereocenters. The van der Waals surface area contributed by atoms with Gasteiger partial charge in [-0.1, -0.05) is 0 Å². The Morgan fingerprint density at radius 1 is 1.17 bits per heavy atom. The summed E-state index contributed by atoms with van der Waals surface area (Å²) >= 11 is 0. The Bertz CT molecular complexity index is 755. The molecule has 0 unspecified atom stereocenters. The second kappa shape index (κ2) is 6.86. The first kappa shape index (κ1) is 16.9. The monoisotopic (exact) mass is 335 g/mol. The van der Waals surface area contributed by atoms with E-state index in [0.29, 0.717) is 5.92 Å². The number of aromatic amines is 1. The van der Waals surface area contributed by atoms with Crippen LogP contribution in [0.2, 0.25) is 0 Å². The predicted molar refractivity (Wildman–Crippen MR) is 92.8 cm³/mol. The lowest BCUT2D eigenvalue weighted by Gasteiger charge is -2.36. The number of imidazole rings is 1. The Hall–Kier alpha value is -1.99. The van der Waals surface area contributed by atoms with E-state index in [1.54, 1.807) is 32.9 Å². The molecule has 1 aromatic carbocycles. The van der Waals surface area contributed by atoms with Crippen LogP contribution in [0.25, 0.3) is 11.0 Å². The number of fused-ring (bicyclic) bond motifs is 1. The van der Waals surface area contributed by atoms with Crippen molar-refractivity contribution in [3.05, 3.63) is 22.6 Å². The number of rotatable bonds is 5. The third-order valence-electron chi connectivity index (χ3n) is 4.92. The van der Waals surface area contributed by atoms with Gasteiger partial charge >= 0.3 is 5.69 Å². The lowest BCUT2D eigenvalue weighted by atomic mass is 9.95. The van der Waals surface area contributed by atoms with Gasteiger partial charge in [-0.25, -0.2) is 4.79 Å². The summed E-state index contributed by atoms with van der Waals surface area (Å²) in [6, 6.07) is 3.80. The summed E-state index contributed by atoms with van der Waals surface area (Å²) in [5, 5.41) is 0. The van der Waals surface area contributed by atoms with Gasteiger partial charge in [0.05, 0.1) is 18.1 Å². The molecule has 0 aliphatic carbocycles. The van der Waals surface area contributed by atoms with Crippen molar-refractivity contribution < 1.29 is 14.2 Å². The van der Waals surface area contributed by atoms with Crippen molar-refractivity contribution in [2.45, 2.75) is 19.1 Å². The number of piperidine rings is 1. The largest absolute Gasteiger partial charge is 0.494 e. The molecule has 1 aliphatic rings. The molecule has 2 heterocycles. The number of aromatic nitrogens is 2. The van der Waals surface area contributed by atoms with E-state index in [0.717, 1.165) is 48.4 Å². The molecule has 0 bridgehead atoms. The standard InChI is InChI=1S/C17H25N3O4/c1-19-14-12(18-17(19)21)5-6-13(22-2)15(14)20-9-7-11(8-10-20)16(23-3)24-4/h5-6,11,16H,7-10H2,1-4H3,(H,18,21). The molecular formula is C17H25N3O4. The summed E-state index contributed by atoms with van der Waals surface area (Å²) in [5.74, 6) is 1.15. The number of aryl methyl sites for hydroxylation is 1. The molecule has 24 heavy (non-hydrogen) atoms. The van der Waals surface area contributed by atoms with E-state index in [1.165, 1.54) is 0 Å². The first-order valence-corrected chi connectivity index (χ1v) is 8.17. The predicted octanol–water partition coefficient (Wildman–Crippen LogP) is 1.71. The fraction of sp³-hybridized carbons (Fsp3) is 0.588. The molecule has 1 aromatic heterocycles. The normalized spacial score (nSPS) is 16.3. The van der Waals surface area contributed by atoms with Crippen LogP contribution in [0.5, 0.6) is 5.75 Å². The van der Waals surface area contributed by atoms with Gasteiger partial charge in [-0.3, -0.25) is 4.57 Å². The number of ether oxygens (including phenoxy) is 3. The van der Waals surface area contributed by atoms with Crippen LogP contribution in [0.4, 0.5) is 5.69 Å². The number of hydrogen-bond donors (Lipinski definition) is 1. The van der Waals surface area contributed by atoms with Gasteiger partial charge in [0, 0.05) is 40.3 Å². The van der Waals surface area contributed by atoms with E-state index in [1.807, 2.05) is 12.1 Å². The molecule has 2 aromatic rings. The van der Waals surface area contributed by atoms with Gasteiger partial charge in [0.15, 0.2) is 6.29 Å². The zero-order chi connectivity index (χ0) is 17.3. The minimum absolute atomic E-state index is 0.117. The number of H-pyrrole nitrogens is 1. The van der Waals surface area contributed by atoms with E-state index in [9.17, 15) is 4.79 Å². The van der Waals surface area contributed by atoms with Crippen molar-refractivity contribution in [2.75, 3.05) is 39.3 Å². The van der Waals surface area contributed by atoms with Crippen molar-refractivity contribution in [1.82, 2.24) is 9.55 Å². The highest BCUT2D eigenvalue weighted by molar-refractivity contribution is 5.93. The zero-order valence-corrected chi connectivity index (χ0v) is 14.7. The van der Waals surface area contributed by atoms with Gasteiger partial charge in [0.1, 0.15) is 11.4 Å². The minimum atomic E-state index is -0.165. The Kier molecular flexibility index (Phi) is 4.82. The highest BCUT2D eigenvalue weighted by atomic mass is 16.7. The molecule has 0 spiro atoms. The topological polar surface area (TPSA) is 68.7 Å². The van der Waals surface area contributed by atoms with Crippen LogP contribution in [0.1, 0.15) is 12.8 Å². The van der Waals surface area contributed by atoms with Crippen LogP contribution in [0.15, 0.2) is 16.9 Å². The Balaban J connectivity index is 1.94. The van der Waals surface area contributed by atoms with Gasteiger partial charge in [0.25, 0.3) is 0 Å². The first-order chi connectivity index (χ1) is 11.6. The third-order valence-corrected chi connectivity index (χ3v) is 4.92. The molecule has 1 N–H and O–H groups in total. The smallest absolute Gasteiger partial charge is 0.326 e. The summed E-state index contributed by atoms with van der Waals surface area (Å²) < 4.78 is 18.0. The Morgan fingerprint density at radius 3 is 2.42 bits per heavy atom. The third kappa shape index (κ3) is 2.78. The molecule has 7 heteroatoms. The van der Waals surface area contributed by atoms with E-state index in [4.69, 9.17) is 14.2 Å². The molecule has 1 fully saturated rings. The van der Waals surface area contributed by atoms with Crippen molar-refractivity contribution in [3.8, 4) is 5.75 Å². The second-order valence-electron chi connectivity index (χ2n) is 6.17. The number of nitrogens with one attached hydrogen (secondary N) is 1. The average molecular weight is 335 g/mol. The number of methoxy groups -OCH3 is 3. The lowest BCUT2D eigenvalue weighted by Crippen LogP contribution is -2.39. The van der Waals surface area contributed by atoms with Crippen LogP contribution in [-0.2, 0) is 16.5 Å². The quantitative estimate of drug-likeness (QED) is 0.843. The van der Waals surface area contributed by atoms with Gasteiger partial charge in [0.2, 0.25) is 0 Å². The number of benzene rings is 1. The van der Waals surface area contributed by atoms with Crippen molar-refractivity contribution in [3.63, 3.8) is 0 Å². The number of hydrogen-bond acceptors (Lipinski definition) is 5. The summed E-state index contributed by atoms with van der Waals surface area (Å²) in [6.45, 7) is 1.73. The Morgan fingerprint density at radius 2 is 1.83 bits per heavy atom. The molecule has 7 nitrogen and oxygen atoms in total. The van der Waals surface area contributed by atoms with Crippen LogP contribution in [0, 0.1) is 5.92 Å². The SMILES string of the molecule is COc1ccc2[nH]c(=O)n(C)c2c1N1CCC(C(OC)OC)CC1. The molecule has 0 radical (unpaired) electrons. The van der Waals surface area contributed by atoms with Crippen LogP contribution in [-0.4, -0.2) is 50.3 Å². The van der Waals surface area contributed by atoms with E-state index in [2.05, 4.69) is 9.88 Å². The summed E-state index contributed by atoms with van der Waals surface area (Å²) in [7, 11) is 6.80. The Labute approximate surface area is 141 Å². The second-order valence-corrected chi connectivity index (χ2v) is 6.17. The van der Waals surface area contributed by atoms with Crippen LogP contribution >= 0.6 is 0 Å². The van der Waals surface area contributed by atoms with E-state index < -0.39 is 0 Å². The fourth-order valence-electron chi connectivity index (χ4n) is 3.65. The molecule has 0 saturated carbocycles. The molecule has 3 rings (SSSR count). The maximum Gasteiger partial charge on any atom is 0.326 e. The maximum absolute atomic E-state index is 12.0. The van der Waals surface area contributed by atoms with Crippen molar-refractivity contribution >= 4 is 16.7 Å². The summed E-state index contributed by atoms with van der Waals surface area (Å²) in [4.78, 5) is 17.2. The number of anilines is 1. The molecule has 132 valence electrons. The summed E-state index contributed by atoms with van der Waals surface area (Å²) in [6.07, 6.45) is 1.76. The minimum Gasteiger partial charge on any atom is -0.494 e. The highest BCUT2D eigenvalue weighted by Crippen LogP contribution is 2.37. The molecule has 1 saturated heterocycles. The van der Waals surface area contributed by atoms with Gasteiger partial charge in [-0.15, -0.1) is 0 Å².